The summed E-state index contributed by atoms with van der Waals surface area (Å²) in [5, 5.41) is 5.75. The fourth-order valence-electron chi connectivity index (χ4n) is 2.28. The van der Waals surface area contributed by atoms with E-state index in [0.29, 0.717) is 25.9 Å². The Morgan fingerprint density at radius 2 is 1.81 bits per heavy atom. The van der Waals surface area contributed by atoms with Gasteiger partial charge in [-0.1, -0.05) is 19.8 Å². The molecular weight excluding hydrogens is 266 g/mol. The van der Waals surface area contributed by atoms with Gasteiger partial charge in [0.25, 0.3) is 0 Å². The highest BCUT2D eigenvalue weighted by Gasteiger charge is 2.56. The van der Waals surface area contributed by atoms with Crippen LogP contribution in [0.15, 0.2) is 24.5 Å². The molecule has 2 rings (SSSR count). The molecule has 5 heteroatoms. The fraction of sp³-hybridized carbons (Fsp3) is 0.562. The van der Waals surface area contributed by atoms with Crippen LogP contribution < -0.4 is 10.6 Å². The molecule has 0 saturated heterocycles. The van der Waals surface area contributed by atoms with E-state index < -0.39 is 5.41 Å². The van der Waals surface area contributed by atoms with Crippen LogP contribution in [0.2, 0.25) is 0 Å². The number of amides is 2. The van der Waals surface area contributed by atoms with E-state index in [0.717, 1.165) is 24.8 Å². The maximum Gasteiger partial charge on any atom is 0.235 e. The minimum atomic E-state index is -0.820. The Morgan fingerprint density at radius 1 is 1.14 bits per heavy atom. The number of unbranched alkanes of at least 4 members (excludes halogenated alkanes) is 2. The fourth-order valence-corrected chi connectivity index (χ4v) is 2.28. The second-order valence-electron chi connectivity index (χ2n) is 5.58. The van der Waals surface area contributed by atoms with Gasteiger partial charge in [0, 0.05) is 25.5 Å². The summed E-state index contributed by atoms with van der Waals surface area (Å²) >= 11 is 0. The Bertz CT molecular complexity index is 484. The molecule has 1 heterocycles. The molecule has 0 spiro atoms. The van der Waals surface area contributed by atoms with E-state index in [4.69, 9.17) is 0 Å². The largest absolute Gasteiger partial charge is 0.355 e. The van der Waals surface area contributed by atoms with Gasteiger partial charge in [-0.15, -0.1) is 0 Å². The highest BCUT2D eigenvalue weighted by atomic mass is 16.2. The normalized spacial score (nSPS) is 15.3. The van der Waals surface area contributed by atoms with Crippen molar-refractivity contribution in [1.82, 2.24) is 15.6 Å². The van der Waals surface area contributed by atoms with E-state index >= 15 is 0 Å². The summed E-state index contributed by atoms with van der Waals surface area (Å²) in [5.74, 6) is -0.280. The Labute approximate surface area is 125 Å². The average molecular weight is 289 g/mol. The summed E-state index contributed by atoms with van der Waals surface area (Å²) in [7, 11) is 0. The van der Waals surface area contributed by atoms with Gasteiger partial charge in [0.1, 0.15) is 5.41 Å². The lowest BCUT2D eigenvalue weighted by molar-refractivity contribution is -0.137. The average Bonchev–Trinajstić information content (AvgIpc) is 3.32. The zero-order valence-corrected chi connectivity index (χ0v) is 12.5. The zero-order chi connectivity index (χ0) is 15.1. The maximum absolute atomic E-state index is 12.2. The smallest absolute Gasteiger partial charge is 0.235 e. The lowest BCUT2D eigenvalue weighted by atomic mass is 10.0. The Morgan fingerprint density at radius 3 is 2.43 bits per heavy atom. The van der Waals surface area contributed by atoms with Crippen LogP contribution in [0.4, 0.5) is 0 Å². The van der Waals surface area contributed by atoms with Gasteiger partial charge >= 0.3 is 0 Å². The van der Waals surface area contributed by atoms with Gasteiger partial charge in [0.15, 0.2) is 0 Å². The number of carbonyl (C=O) groups is 2. The second kappa shape index (κ2) is 7.20. The van der Waals surface area contributed by atoms with E-state index in [1.165, 1.54) is 0 Å². The van der Waals surface area contributed by atoms with E-state index in [-0.39, 0.29) is 11.8 Å². The van der Waals surface area contributed by atoms with Crippen molar-refractivity contribution in [3.63, 3.8) is 0 Å². The van der Waals surface area contributed by atoms with Crippen molar-refractivity contribution in [1.29, 1.82) is 0 Å². The molecule has 0 unspecified atom stereocenters. The van der Waals surface area contributed by atoms with Crippen LogP contribution in [0.5, 0.6) is 0 Å². The Balaban J connectivity index is 1.79. The van der Waals surface area contributed by atoms with Crippen molar-refractivity contribution in [2.24, 2.45) is 5.41 Å². The molecule has 0 bridgehead atoms. The number of rotatable bonds is 8. The van der Waals surface area contributed by atoms with Gasteiger partial charge in [0.2, 0.25) is 11.8 Å². The first kappa shape index (κ1) is 15.5. The van der Waals surface area contributed by atoms with E-state index in [9.17, 15) is 9.59 Å². The van der Waals surface area contributed by atoms with Crippen LogP contribution in [0, 0.1) is 5.41 Å². The van der Waals surface area contributed by atoms with Gasteiger partial charge in [0.05, 0.1) is 0 Å². The number of nitrogens with one attached hydrogen (secondary N) is 2. The first-order valence-electron chi connectivity index (χ1n) is 7.64. The van der Waals surface area contributed by atoms with Crippen molar-refractivity contribution in [3.05, 3.63) is 30.1 Å². The number of nitrogens with zero attached hydrogens (tertiary/aromatic N) is 1. The third-order valence-corrected chi connectivity index (χ3v) is 3.89. The topological polar surface area (TPSA) is 71.1 Å². The highest BCUT2D eigenvalue weighted by Crippen LogP contribution is 2.46. The molecular formula is C16H23N3O2. The van der Waals surface area contributed by atoms with E-state index in [2.05, 4.69) is 22.5 Å². The third-order valence-electron chi connectivity index (χ3n) is 3.89. The molecule has 21 heavy (non-hydrogen) atoms. The van der Waals surface area contributed by atoms with Crippen molar-refractivity contribution in [2.45, 2.75) is 45.6 Å². The minimum absolute atomic E-state index is 0.120. The summed E-state index contributed by atoms with van der Waals surface area (Å²) in [4.78, 5) is 28.3. The van der Waals surface area contributed by atoms with Crippen LogP contribution in [0.3, 0.4) is 0 Å². The summed E-state index contributed by atoms with van der Waals surface area (Å²) in [6.45, 7) is 3.22. The highest BCUT2D eigenvalue weighted by molar-refractivity contribution is 6.07. The molecule has 0 radical (unpaired) electrons. The molecule has 1 aliphatic carbocycles. The van der Waals surface area contributed by atoms with Crippen molar-refractivity contribution in [3.8, 4) is 0 Å². The summed E-state index contributed by atoms with van der Waals surface area (Å²) in [6.07, 6.45) is 7.86. The van der Waals surface area contributed by atoms with Gasteiger partial charge in [-0.2, -0.15) is 0 Å². The second-order valence-corrected chi connectivity index (χ2v) is 5.58. The van der Waals surface area contributed by atoms with Crippen molar-refractivity contribution < 1.29 is 9.59 Å². The quantitative estimate of drug-likeness (QED) is 0.566. The first-order valence-corrected chi connectivity index (χ1v) is 7.64. The van der Waals surface area contributed by atoms with Gasteiger partial charge in [-0.3, -0.25) is 14.6 Å². The lowest BCUT2D eigenvalue weighted by Crippen LogP contribution is -2.43. The predicted molar refractivity (Wildman–Crippen MR) is 80.3 cm³/mol. The molecule has 114 valence electrons. The number of aromatic nitrogens is 1. The van der Waals surface area contributed by atoms with Gasteiger partial charge in [-0.05, 0) is 37.0 Å². The molecule has 1 aromatic heterocycles. The summed E-state index contributed by atoms with van der Waals surface area (Å²) in [5.41, 5.74) is 0.164. The molecule has 1 saturated carbocycles. The maximum atomic E-state index is 12.2. The summed E-state index contributed by atoms with van der Waals surface area (Å²) < 4.78 is 0. The molecule has 1 fully saturated rings. The van der Waals surface area contributed by atoms with E-state index in [1.54, 1.807) is 12.4 Å². The van der Waals surface area contributed by atoms with Crippen LogP contribution in [-0.4, -0.2) is 23.3 Å². The van der Waals surface area contributed by atoms with Crippen LogP contribution in [-0.2, 0) is 16.1 Å². The molecule has 1 aliphatic rings. The summed E-state index contributed by atoms with van der Waals surface area (Å²) in [6, 6.07) is 3.70. The van der Waals surface area contributed by atoms with Crippen LogP contribution in [0.25, 0.3) is 0 Å². The Hall–Kier alpha value is -1.91. The zero-order valence-electron chi connectivity index (χ0n) is 12.5. The number of carbonyl (C=O) groups excluding carboxylic acids is 2. The number of pyridine rings is 1. The number of hydrogen-bond donors (Lipinski definition) is 2. The van der Waals surface area contributed by atoms with Crippen molar-refractivity contribution in [2.75, 3.05) is 6.54 Å². The lowest BCUT2D eigenvalue weighted by Gasteiger charge is -2.15. The van der Waals surface area contributed by atoms with Gasteiger partial charge < -0.3 is 10.6 Å². The number of hydrogen-bond acceptors (Lipinski definition) is 3. The molecule has 0 aliphatic heterocycles. The predicted octanol–water partition coefficient (Wildman–Crippen LogP) is 1.78. The van der Waals surface area contributed by atoms with E-state index in [1.807, 2.05) is 12.1 Å². The minimum Gasteiger partial charge on any atom is -0.355 e. The van der Waals surface area contributed by atoms with Crippen LogP contribution in [0.1, 0.15) is 44.6 Å². The molecule has 2 amide bonds. The SMILES string of the molecule is CCCCCNC(=O)C1(C(=O)NCc2ccncc2)CC1. The molecule has 0 aromatic carbocycles. The first-order chi connectivity index (χ1) is 10.2. The van der Waals surface area contributed by atoms with Crippen LogP contribution >= 0.6 is 0 Å². The Kier molecular flexibility index (Phi) is 5.31. The standard InChI is InChI=1S/C16H23N3O2/c1-2-3-4-9-18-14(20)16(7-8-16)15(21)19-12-13-5-10-17-11-6-13/h5-6,10-11H,2-4,7-9,12H2,1H3,(H,18,20)(H,19,21). The monoisotopic (exact) mass is 289 g/mol. The molecule has 5 nitrogen and oxygen atoms in total. The van der Waals surface area contributed by atoms with Crippen molar-refractivity contribution >= 4 is 11.8 Å². The van der Waals surface area contributed by atoms with Gasteiger partial charge in [-0.25, -0.2) is 0 Å². The molecule has 2 N–H and O–H groups in total. The molecule has 1 aromatic rings. The third kappa shape index (κ3) is 4.03. The molecule has 0 atom stereocenters.